The Morgan fingerprint density at radius 1 is 0.675 bits per heavy atom. The molecule has 5 N–H and O–H groups in total. The van der Waals surface area contributed by atoms with Crippen LogP contribution in [0.1, 0.15) is 125 Å². The van der Waals surface area contributed by atoms with Gasteiger partial charge in [-0.25, -0.2) is 4.79 Å². The molecular formula is C58H88O19. The Morgan fingerprint density at radius 3 is 1.68 bits per heavy atom. The van der Waals surface area contributed by atoms with Gasteiger partial charge >= 0.3 is 5.97 Å². The monoisotopic (exact) mass is 1090 g/mol. The standard InChI is InChI=1S/C58H88O19/c1-31-50(61)39(65-8)26-47(69-31)75-52-33(3)71-49(28-41(52)67-10)77-53-34(4)72-48(29-42(53)68-11)76-51-32(2)70-46(27-40(51)66-9)73-38-20-21-54(6)37(25-38)19-22-57(63)43(54)30-44(74-45(60)18-17-36-15-13-12-14-16-36)55(7)56(62,35(5)59)23-24-58(55,57)64/h12-19,31-35,38-44,46-53,59,61-64H,20-30H2,1-11H3. The molecule has 8 aliphatic rings. The van der Waals surface area contributed by atoms with Gasteiger partial charge in [0.25, 0.3) is 0 Å². The highest BCUT2D eigenvalue weighted by Crippen LogP contribution is 2.71. The van der Waals surface area contributed by atoms with Gasteiger partial charge in [0, 0.05) is 66.1 Å². The van der Waals surface area contributed by atoms with Gasteiger partial charge in [-0.2, -0.15) is 0 Å². The first-order chi connectivity index (χ1) is 36.6. The summed E-state index contributed by atoms with van der Waals surface area (Å²) in [5, 5.41) is 59.9. The van der Waals surface area contributed by atoms with E-state index in [1.54, 1.807) is 48.4 Å². The second kappa shape index (κ2) is 23.4. The number of hydrogen-bond acceptors (Lipinski definition) is 19. The van der Waals surface area contributed by atoms with E-state index in [0.717, 1.165) is 11.1 Å². The molecule has 25 unspecified atom stereocenters. The average molecular weight is 1090 g/mol. The van der Waals surface area contributed by atoms with Crippen LogP contribution in [0.3, 0.4) is 0 Å². The Kier molecular flexibility index (Phi) is 18.0. The molecule has 1 aromatic rings. The molecule has 4 saturated heterocycles. The molecule has 19 nitrogen and oxygen atoms in total. The number of benzene rings is 1. The van der Waals surface area contributed by atoms with Gasteiger partial charge in [-0.3, -0.25) is 0 Å². The predicted octanol–water partition coefficient (Wildman–Crippen LogP) is 5.03. The van der Waals surface area contributed by atoms with E-state index < -0.39 is 144 Å². The third-order valence-electron chi connectivity index (χ3n) is 19.8. The van der Waals surface area contributed by atoms with Crippen LogP contribution in [-0.4, -0.2) is 193 Å². The van der Waals surface area contributed by atoms with E-state index in [4.69, 9.17) is 61.6 Å². The van der Waals surface area contributed by atoms with Crippen molar-refractivity contribution in [2.24, 2.45) is 16.7 Å². The van der Waals surface area contributed by atoms with Crippen LogP contribution in [0.25, 0.3) is 6.08 Å². The first kappa shape index (κ1) is 59.1. The Hall–Kier alpha value is -2.51. The summed E-state index contributed by atoms with van der Waals surface area (Å²) in [4.78, 5) is 13.6. The molecule has 0 amide bonds. The molecule has 77 heavy (non-hydrogen) atoms. The highest BCUT2D eigenvalue weighted by atomic mass is 16.8. The maximum absolute atomic E-state index is 13.6. The minimum Gasteiger partial charge on any atom is -0.458 e. The van der Waals surface area contributed by atoms with Crippen LogP contribution < -0.4 is 0 Å². The lowest BCUT2D eigenvalue weighted by Crippen LogP contribution is -2.78. The van der Waals surface area contributed by atoms with Crippen molar-refractivity contribution >= 4 is 12.0 Å². The number of carbonyl (C=O) groups excluding carboxylic acids is 1. The Balaban J connectivity index is 0.808. The number of hydrogen-bond donors (Lipinski definition) is 5. The van der Waals surface area contributed by atoms with Gasteiger partial charge in [0.1, 0.15) is 47.3 Å². The second-order valence-corrected chi connectivity index (χ2v) is 23.8. The highest BCUT2D eigenvalue weighted by molar-refractivity contribution is 5.87. The molecule has 0 bridgehead atoms. The number of aliphatic hydroxyl groups is 5. The zero-order chi connectivity index (χ0) is 55.4. The third-order valence-corrected chi connectivity index (χ3v) is 19.8. The van der Waals surface area contributed by atoms with Crippen molar-refractivity contribution in [2.45, 2.75) is 253 Å². The largest absolute Gasteiger partial charge is 0.458 e. The molecule has 0 aromatic heterocycles. The Labute approximate surface area is 454 Å². The average Bonchev–Trinajstić information content (AvgIpc) is 3.95. The minimum atomic E-state index is -1.91. The summed E-state index contributed by atoms with van der Waals surface area (Å²) in [6.07, 6.45) is -1.99. The summed E-state index contributed by atoms with van der Waals surface area (Å²) in [5.41, 5.74) is -5.79. The SMILES string of the molecule is COC1CC(OC2C(C)OC(OC3C(C)OC(OC4C(C)OC(OC5CCC6(C)C(=CCC7(O)C6CC(OC(=O)C=Cc6ccccc6)C6(C)C(O)(C(C)O)CCC76O)C5)CC4OC)CC3OC)CC2OC)OC(C)C1O. The van der Waals surface area contributed by atoms with E-state index in [1.807, 2.05) is 57.2 Å². The molecular weight excluding hydrogens is 1000 g/mol. The highest BCUT2D eigenvalue weighted by Gasteiger charge is 2.81. The van der Waals surface area contributed by atoms with Crippen LogP contribution in [0, 0.1) is 16.7 Å². The Bertz CT molecular complexity index is 2220. The van der Waals surface area contributed by atoms with Crippen molar-refractivity contribution in [2.75, 3.05) is 28.4 Å². The van der Waals surface area contributed by atoms with Crippen LogP contribution in [0.5, 0.6) is 0 Å². The number of ether oxygens (including phenoxy) is 13. The van der Waals surface area contributed by atoms with Crippen LogP contribution in [0.15, 0.2) is 48.1 Å². The quantitative estimate of drug-likeness (QED) is 0.0829. The van der Waals surface area contributed by atoms with E-state index in [2.05, 4.69) is 6.92 Å². The van der Waals surface area contributed by atoms with Crippen LogP contribution in [0.4, 0.5) is 0 Å². The van der Waals surface area contributed by atoms with Crippen molar-refractivity contribution < 1.29 is 91.9 Å². The number of carbonyl (C=O) groups is 1. The number of esters is 1. The van der Waals surface area contributed by atoms with Crippen molar-refractivity contribution in [1.82, 2.24) is 0 Å². The number of aliphatic hydroxyl groups excluding tert-OH is 2. The minimum absolute atomic E-state index is 0.0116. The first-order valence-electron chi connectivity index (χ1n) is 28.1. The van der Waals surface area contributed by atoms with Crippen molar-refractivity contribution in [3.63, 3.8) is 0 Å². The fourth-order valence-corrected chi connectivity index (χ4v) is 15.1. The van der Waals surface area contributed by atoms with Crippen molar-refractivity contribution in [3.8, 4) is 0 Å². The van der Waals surface area contributed by atoms with Gasteiger partial charge in [-0.05, 0) is 96.6 Å². The van der Waals surface area contributed by atoms with E-state index in [9.17, 15) is 30.3 Å². The summed E-state index contributed by atoms with van der Waals surface area (Å²) in [5.74, 6) is -1.19. The summed E-state index contributed by atoms with van der Waals surface area (Å²) in [6, 6.07) is 9.35. The normalized spacial score (nSPS) is 48.6. The van der Waals surface area contributed by atoms with Crippen molar-refractivity contribution in [3.05, 3.63) is 53.6 Å². The summed E-state index contributed by atoms with van der Waals surface area (Å²) in [6.45, 7) is 12.8. The first-order valence-corrected chi connectivity index (χ1v) is 28.1. The topological polar surface area (TPSA) is 238 Å². The van der Waals surface area contributed by atoms with E-state index >= 15 is 0 Å². The fourth-order valence-electron chi connectivity index (χ4n) is 15.1. The summed E-state index contributed by atoms with van der Waals surface area (Å²) >= 11 is 0. The van der Waals surface area contributed by atoms with Crippen LogP contribution >= 0.6 is 0 Å². The molecule has 4 aliphatic carbocycles. The molecule has 0 spiro atoms. The lowest BCUT2D eigenvalue weighted by atomic mass is 9.42. The summed E-state index contributed by atoms with van der Waals surface area (Å²) in [7, 11) is 6.49. The lowest BCUT2D eigenvalue weighted by Gasteiger charge is -2.67. The maximum atomic E-state index is 13.6. The molecule has 7 fully saturated rings. The van der Waals surface area contributed by atoms with Gasteiger partial charge in [-0.15, -0.1) is 0 Å². The predicted molar refractivity (Wildman–Crippen MR) is 276 cm³/mol. The van der Waals surface area contributed by atoms with Gasteiger partial charge in [-0.1, -0.05) is 55.8 Å². The van der Waals surface area contributed by atoms with E-state index in [1.165, 1.54) is 13.0 Å². The third kappa shape index (κ3) is 10.8. The number of rotatable bonds is 16. The lowest BCUT2D eigenvalue weighted by molar-refractivity contribution is -0.347. The Morgan fingerprint density at radius 2 is 1.17 bits per heavy atom. The molecule has 4 aliphatic heterocycles. The number of fused-ring (bicyclic) bond motifs is 5. The zero-order valence-electron chi connectivity index (χ0n) is 46.9. The molecule has 0 radical (unpaired) electrons. The van der Waals surface area contributed by atoms with Gasteiger partial charge < -0.3 is 87.1 Å². The van der Waals surface area contributed by atoms with Gasteiger partial charge in [0.05, 0.1) is 66.5 Å². The molecule has 19 heteroatoms. The molecule has 4 heterocycles. The fraction of sp³-hybridized carbons (Fsp3) is 0.810. The van der Waals surface area contributed by atoms with E-state index in [0.29, 0.717) is 44.9 Å². The van der Waals surface area contributed by atoms with Gasteiger partial charge in [0.2, 0.25) is 0 Å². The number of methoxy groups -OCH3 is 4. The van der Waals surface area contributed by atoms with Crippen LogP contribution in [-0.2, 0) is 66.4 Å². The maximum Gasteiger partial charge on any atom is 0.331 e. The molecule has 434 valence electrons. The van der Waals surface area contributed by atoms with Crippen molar-refractivity contribution in [1.29, 1.82) is 0 Å². The smallest absolute Gasteiger partial charge is 0.331 e. The molecule has 25 atom stereocenters. The molecule has 3 saturated carbocycles. The summed E-state index contributed by atoms with van der Waals surface area (Å²) < 4.78 is 81.7. The van der Waals surface area contributed by atoms with Gasteiger partial charge in [0.15, 0.2) is 25.2 Å². The zero-order valence-corrected chi connectivity index (χ0v) is 46.9. The molecule has 9 rings (SSSR count). The second-order valence-electron chi connectivity index (χ2n) is 23.8. The molecule has 1 aromatic carbocycles. The van der Waals surface area contributed by atoms with E-state index in [-0.39, 0.29) is 37.9 Å². The van der Waals surface area contributed by atoms with Crippen LogP contribution in [0.2, 0.25) is 0 Å².